The number of hydrogen-bond acceptors (Lipinski definition) is 2. The molecule has 1 amide bonds. The van der Waals surface area contributed by atoms with Gasteiger partial charge in [-0.3, -0.25) is 4.79 Å². The van der Waals surface area contributed by atoms with E-state index < -0.39 is 5.91 Å². The first-order valence-corrected chi connectivity index (χ1v) is 6.81. The summed E-state index contributed by atoms with van der Waals surface area (Å²) in [4.78, 5) is 12.2. The fourth-order valence-electron chi connectivity index (χ4n) is 1.54. The second-order valence-corrected chi connectivity index (χ2v) is 5.08. The zero-order chi connectivity index (χ0) is 14.7. The summed E-state index contributed by atoms with van der Waals surface area (Å²) < 4.78 is 4.61. The summed E-state index contributed by atoms with van der Waals surface area (Å²) in [6.45, 7) is 0. The van der Waals surface area contributed by atoms with Gasteiger partial charge in [-0.2, -0.15) is 0 Å². The van der Waals surface area contributed by atoms with Crippen molar-refractivity contribution in [2.45, 2.75) is 0 Å². The molecule has 0 fully saturated rings. The summed E-state index contributed by atoms with van der Waals surface area (Å²) in [6.07, 6.45) is 0. The molecule has 3 nitrogen and oxygen atoms in total. The third kappa shape index (κ3) is 4.74. The van der Waals surface area contributed by atoms with Crippen molar-refractivity contribution < 1.29 is 61.9 Å². The van der Waals surface area contributed by atoms with Gasteiger partial charge in [0.2, 0.25) is 0 Å². The van der Waals surface area contributed by atoms with Gasteiger partial charge in [-0.15, -0.1) is 0 Å². The number of halogens is 4. The van der Waals surface area contributed by atoms with E-state index in [1.165, 1.54) is 6.07 Å². The number of rotatable bonds is 3. The van der Waals surface area contributed by atoms with Gasteiger partial charge in [0.05, 0.1) is 15.6 Å². The molecule has 8 heteroatoms. The molecule has 0 aliphatic rings. The molecule has 0 saturated carbocycles. The molecular formula is C13H8Cl4KNO2. The van der Waals surface area contributed by atoms with E-state index in [9.17, 15) is 4.79 Å². The molecule has 0 aliphatic carbocycles. The van der Waals surface area contributed by atoms with Gasteiger partial charge in [0.15, 0.2) is 5.75 Å². The molecule has 0 radical (unpaired) electrons. The van der Waals surface area contributed by atoms with Crippen molar-refractivity contribution in [1.29, 1.82) is 0 Å². The van der Waals surface area contributed by atoms with Crippen LogP contribution in [-0.4, -0.2) is 5.91 Å². The third-order valence-electron chi connectivity index (χ3n) is 2.47. The van der Waals surface area contributed by atoms with Gasteiger partial charge in [-0.05, 0) is 18.2 Å². The Balaban J connectivity index is 0.00000220. The minimum absolute atomic E-state index is 0. The summed E-state index contributed by atoms with van der Waals surface area (Å²) in [5.41, 5.74) is 0.698. The molecule has 0 saturated heterocycles. The third-order valence-corrected chi connectivity index (χ3v) is 3.87. The van der Waals surface area contributed by atoms with E-state index in [0.717, 1.165) is 0 Å². The standard InChI is InChI=1S/C13H7Cl4NO2.K.H/c14-9-6-8(12(20-17)11(16)10(9)15)13(19)18-7-4-2-1-3-5-7;;/h1-6H,(H,18,19);;/q;+1;-1. The first-order chi connectivity index (χ1) is 9.54. The van der Waals surface area contributed by atoms with Crippen LogP contribution < -0.4 is 61.0 Å². The second kappa shape index (κ2) is 8.96. The van der Waals surface area contributed by atoms with Gasteiger partial charge in [-0.1, -0.05) is 53.0 Å². The molecule has 2 aromatic carbocycles. The largest absolute Gasteiger partial charge is 1.00 e. The molecule has 21 heavy (non-hydrogen) atoms. The number of carbonyl (C=O) groups excluding carboxylic acids is 1. The van der Waals surface area contributed by atoms with Crippen LogP contribution in [0.2, 0.25) is 15.1 Å². The quantitative estimate of drug-likeness (QED) is 0.646. The van der Waals surface area contributed by atoms with Crippen molar-refractivity contribution >= 4 is 58.3 Å². The number of amides is 1. The van der Waals surface area contributed by atoms with Gasteiger partial charge in [0, 0.05) is 5.69 Å². The Kier molecular flexibility index (Phi) is 8.34. The topological polar surface area (TPSA) is 38.3 Å². The minimum atomic E-state index is -0.465. The molecule has 0 spiro atoms. The number of carbonyl (C=O) groups is 1. The first-order valence-electron chi connectivity index (χ1n) is 5.37. The van der Waals surface area contributed by atoms with E-state index in [1.54, 1.807) is 24.3 Å². The summed E-state index contributed by atoms with van der Waals surface area (Å²) >= 11 is 23.1. The number of anilines is 1. The maximum atomic E-state index is 12.2. The van der Waals surface area contributed by atoms with E-state index in [-0.39, 0.29) is 79.2 Å². The van der Waals surface area contributed by atoms with E-state index in [2.05, 4.69) is 9.61 Å². The van der Waals surface area contributed by atoms with Gasteiger partial charge < -0.3 is 11.0 Å². The molecule has 0 aliphatic heterocycles. The monoisotopic (exact) mass is 389 g/mol. The summed E-state index contributed by atoms with van der Waals surface area (Å²) in [7, 11) is 0. The van der Waals surface area contributed by atoms with Gasteiger partial charge in [-0.25, -0.2) is 0 Å². The average Bonchev–Trinajstić information content (AvgIpc) is 2.45. The predicted molar refractivity (Wildman–Crippen MR) is 83.5 cm³/mol. The van der Waals surface area contributed by atoms with Crippen molar-refractivity contribution in [1.82, 2.24) is 0 Å². The number of benzene rings is 2. The minimum Gasteiger partial charge on any atom is -1.00 e. The second-order valence-electron chi connectivity index (χ2n) is 3.76. The Bertz CT molecular complexity index is 658. The Morgan fingerprint density at radius 3 is 2.29 bits per heavy atom. The molecule has 0 atom stereocenters. The van der Waals surface area contributed by atoms with Gasteiger partial charge in [0.1, 0.15) is 16.9 Å². The van der Waals surface area contributed by atoms with Crippen LogP contribution in [0.25, 0.3) is 0 Å². The zero-order valence-corrected chi connectivity index (χ0v) is 16.9. The Labute approximate surface area is 185 Å². The molecule has 106 valence electrons. The maximum Gasteiger partial charge on any atom is 1.00 e. The van der Waals surface area contributed by atoms with Crippen LogP contribution in [0.15, 0.2) is 36.4 Å². The van der Waals surface area contributed by atoms with Gasteiger partial charge >= 0.3 is 51.4 Å². The predicted octanol–water partition coefficient (Wildman–Crippen LogP) is 2.55. The normalized spacial score (nSPS) is 9.71. The van der Waals surface area contributed by atoms with Crippen LogP contribution in [0.3, 0.4) is 0 Å². The molecule has 0 aromatic heterocycles. The molecule has 0 heterocycles. The molecule has 2 rings (SSSR count). The fraction of sp³-hybridized carbons (Fsp3) is 0. The number of nitrogens with one attached hydrogen (secondary N) is 1. The van der Waals surface area contributed by atoms with Crippen molar-refractivity contribution in [3.8, 4) is 5.75 Å². The maximum absolute atomic E-state index is 12.2. The SMILES string of the molecule is O=C(Nc1ccccc1)c1cc(Cl)c(Cl)c(Cl)c1OCl.[H-].[K+]. The zero-order valence-electron chi connectivity index (χ0n) is 11.8. The van der Waals surface area contributed by atoms with Crippen molar-refractivity contribution in [3.05, 3.63) is 57.0 Å². The Hall–Kier alpha value is 0.506. The van der Waals surface area contributed by atoms with Crippen LogP contribution in [-0.2, 0) is 0 Å². The smallest absolute Gasteiger partial charge is 1.00 e. The molecule has 0 unspecified atom stereocenters. The first kappa shape index (κ1) is 19.6. The Morgan fingerprint density at radius 2 is 1.71 bits per heavy atom. The van der Waals surface area contributed by atoms with E-state index in [1.807, 2.05) is 6.07 Å². The number of hydrogen-bond donors (Lipinski definition) is 1. The summed E-state index contributed by atoms with van der Waals surface area (Å²) in [6, 6.07) is 10.2. The molecule has 1 N–H and O–H groups in total. The van der Waals surface area contributed by atoms with E-state index in [4.69, 9.17) is 46.7 Å². The summed E-state index contributed by atoms with van der Waals surface area (Å²) in [5, 5.41) is 2.85. The molecule has 2 aromatic rings. The van der Waals surface area contributed by atoms with Crippen LogP contribution in [0, 0.1) is 0 Å². The van der Waals surface area contributed by atoms with Crippen LogP contribution in [0.1, 0.15) is 11.8 Å². The molecular weight excluding hydrogens is 383 g/mol. The van der Waals surface area contributed by atoms with Crippen molar-refractivity contribution in [2.24, 2.45) is 0 Å². The van der Waals surface area contributed by atoms with Crippen molar-refractivity contribution in [2.75, 3.05) is 5.32 Å². The van der Waals surface area contributed by atoms with Crippen molar-refractivity contribution in [3.63, 3.8) is 0 Å². The summed E-state index contributed by atoms with van der Waals surface area (Å²) in [5.74, 6) is -0.511. The molecule has 0 bridgehead atoms. The van der Waals surface area contributed by atoms with Gasteiger partial charge in [0.25, 0.3) is 5.91 Å². The number of para-hydroxylation sites is 1. The van der Waals surface area contributed by atoms with Crippen LogP contribution in [0.4, 0.5) is 5.69 Å². The van der Waals surface area contributed by atoms with E-state index in [0.29, 0.717) is 5.69 Å². The Morgan fingerprint density at radius 1 is 1.10 bits per heavy atom. The van der Waals surface area contributed by atoms with Crippen LogP contribution >= 0.6 is 46.7 Å². The fourth-order valence-corrected chi connectivity index (χ4v) is 2.38. The van der Waals surface area contributed by atoms with Crippen LogP contribution in [0.5, 0.6) is 5.75 Å². The van der Waals surface area contributed by atoms with E-state index >= 15 is 0 Å². The average molecular weight is 391 g/mol.